The highest BCUT2D eigenvalue weighted by atomic mass is 14.2. The minimum absolute atomic E-state index is 0.274. The number of hydrogen-bond donors (Lipinski definition) is 0. The summed E-state index contributed by atoms with van der Waals surface area (Å²) in [5, 5.41) is 0. The van der Waals surface area contributed by atoms with Gasteiger partial charge in [0.1, 0.15) is 0 Å². The highest BCUT2D eigenvalue weighted by Crippen LogP contribution is 2.27. The van der Waals surface area contributed by atoms with E-state index in [2.05, 4.69) is 351 Å². The second-order valence-electron chi connectivity index (χ2n) is 25.0. The van der Waals surface area contributed by atoms with E-state index in [1.165, 1.54) is 117 Å². The van der Waals surface area contributed by atoms with Crippen LogP contribution in [0.2, 0.25) is 0 Å². The molecule has 8 aromatic carbocycles. The van der Waals surface area contributed by atoms with Crippen LogP contribution in [0.15, 0.2) is 164 Å². The average molecular weight is 1060 g/mol. The van der Waals surface area contributed by atoms with Crippen LogP contribution in [0.25, 0.3) is 0 Å². The molecule has 0 saturated heterocycles. The molecule has 0 radical (unpaired) electrons. The number of benzene rings is 8. The first-order chi connectivity index (χ1) is 36.6. The van der Waals surface area contributed by atoms with Gasteiger partial charge in [0.2, 0.25) is 0 Å². The molecular weight excluding hydrogens is 949 g/mol. The van der Waals surface area contributed by atoms with Crippen molar-refractivity contribution < 1.29 is 0 Å². The maximum atomic E-state index is 2.29. The minimum atomic E-state index is 0.274. The molecule has 0 spiro atoms. The Morgan fingerprint density at radius 2 is 0.532 bits per heavy atom. The Labute approximate surface area is 487 Å². The van der Waals surface area contributed by atoms with Gasteiger partial charge >= 0.3 is 0 Å². The minimum Gasteiger partial charge on any atom is -0.0620 e. The van der Waals surface area contributed by atoms with E-state index in [0.717, 1.165) is 0 Å². The van der Waals surface area contributed by atoms with E-state index in [9.17, 15) is 0 Å². The molecule has 79 heavy (non-hydrogen) atoms. The van der Waals surface area contributed by atoms with E-state index in [4.69, 9.17) is 0 Å². The summed E-state index contributed by atoms with van der Waals surface area (Å²) in [6.45, 7) is 58.9. The van der Waals surface area contributed by atoms with Crippen LogP contribution >= 0.6 is 0 Å². The summed E-state index contributed by atoms with van der Waals surface area (Å²) in [5.41, 5.74) is 29.8. The number of hydrogen-bond acceptors (Lipinski definition) is 0. The summed E-state index contributed by atoms with van der Waals surface area (Å²) < 4.78 is 0. The van der Waals surface area contributed by atoms with Gasteiger partial charge in [-0.25, -0.2) is 0 Å². The zero-order valence-corrected chi connectivity index (χ0v) is 55.2. The lowest BCUT2D eigenvalue weighted by Gasteiger charge is -2.22. The Morgan fingerprint density at radius 1 is 0.228 bits per heavy atom. The summed E-state index contributed by atoms with van der Waals surface area (Å²) in [6, 6.07) is 58.2. The second-order valence-corrected chi connectivity index (χ2v) is 25.0. The van der Waals surface area contributed by atoms with E-state index >= 15 is 0 Å². The van der Waals surface area contributed by atoms with Crippen LogP contribution in [0.1, 0.15) is 198 Å². The van der Waals surface area contributed by atoms with Gasteiger partial charge in [-0.15, -0.1) is 0 Å². The zero-order chi connectivity index (χ0) is 60.4. The van der Waals surface area contributed by atoms with Crippen molar-refractivity contribution in [1.82, 2.24) is 0 Å². The van der Waals surface area contributed by atoms with Crippen molar-refractivity contribution in [2.24, 2.45) is 0 Å². The second kappa shape index (κ2) is 34.7. The van der Waals surface area contributed by atoms with Gasteiger partial charge in [0.15, 0.2) is 0 Å². The Morgan fingerprint density at radius 3 is 0.861 bits per heavy atom. The molecule has 0 aromatic heterocycles. The summed E-state index contributed by atoms with van der Waals surface area (Å²) in [7, 11) is 0. The van der Waals surface area contributed by atoms with Crippen LogP contribution in [-0.2, 0) is 10.8 Å². The van der Waals surface area contributed by atoms with E-state index in [1.54, 1.807) is 0 Å². The number of aryl methyl sites for hydroxylation is 16. The SMILES string of the molecule is Cc1cc(C)c(C)c(C)c1.Cc1ccc(C)c(C(C)(C)C)c1.Cc1ccc(C)c(C(C)C)c1.Cc1ccc(C)c(C)c1.Cc1ccc(C)cc1.Cc1ccccc1C.Cc1ccccc1C(C)(C)C.Cc1ccccc1C(C)C. The van der Waals surface area contributed by atoms with Gasteiger partial charge in [-0.2, -0.15) is 0 Å². The molecule has 8 rings (SSSR count). The molecular formula is C79H110. The quantitative estimate of drug-likeness (QED) is 0.162. The smallest absolute Gasteiger partial charge is 0.0129 e. The first-order valence-electron chi connectivity index (χ1n) is 29.1. The molecule has 426 valence electrons. The molecule has 0 bridgehead atoms. The highest BCUT2D eigenvalue weighted by molar-refractivity contribution is 5.38. The van der Waals surface area contributed by atoms with Gasteiger partial charge in [-0.3, -0.25) is 0 Å². The van der Waals surface area contributed by atoms with E-state index in [1.807, 2.05) is 0 Å². The molecule has 0 aliphatic heterocycles. The molecule has 8 aromatic rings. The fourth-order valence-electron chi connectivity index (χ4n) is 9.02. The van der Waals surface area contributed by atoms with E-state index < -0.39 is 0 Å². The van der Waals surface area contributed by atoms with Crippen molar-refractivity contribution in [1.29, 1.82) is 0 Å². The molecule has 0 aliphatic rings. The lowest BCUT2D eigenvalue weighted by Crippen LogP contribution is -2.13. The van der Waals surface area contributed by atoms with Crippen LogP contribution in [0.3, 0.4) is 0 Å². The summed E-state index contributed by atoms with van der Waals surface area (Å²) in [4.78, 5) is 0. The normalized spacial score (nSPS) is 10.4. The Bertz CT molecular complexity index is 2940. The van der Waals surface area contributed by atoms with Gasteiger partial charge in [-0.1, -0.05) is 266 Å². The van der Waals surface area contributed by atoms with Crippen molar-refractivity contribution in [3.05, 3.63) is 281 Å². The monoisotopic (exact) mass is 1060 g/mol. The zero-order valence-electron chi connectivity index (χ0n) is 55.2. The van der Waals surface area contributed by atoms with Crippen molar-refractivity contribution in [3.8, 4) is 0 Å². The van der Waals surface area contributed by atoms with Crippen molar-refractivity contribution >= 4 is 0 Å². The fourth-order valence-corrected chi connectivity index (χ4v) is 9.02. The first kappa shape index (κ1) is 70.8. The highest BCUT2D eigenvalue weighted by Gasteiger charge is 2.16. The molecule has 0 atom stereocenters. The Hall–Kier alpha value is -6.24. The van der Waals surface area contributed by atoms with Crippen LogP contribution in [0, 0.1) is 118 Å². The van der Waals surface area contributed by atoms with E-state index in [0.29, 0.717) is 11.8 Å². The third-order valence-electron chi connectivity index (χ3n) is 14.4. The molecule has 0 nitrogen and oxygen atoms in total. The summed E-state index contributed by atoms with van der Waals surface area (Å²) in [6.07, 6.45) is 0. The molecule has 0 fully saturated rings. The van der Waals surface area contributed by atoms with Crippen LogP contribution in [0.4, 0.5) is 0 Å². The summed E-state index contributed by atoms with van der Waals surface area (Å²) >= 11 is 0. The molecule has 0 saturated carbocycles. The van der Waals surface area contributed by atoms with Gasteiger partial charge in [-0.05, 0) is 224 Å². The van der Waals surface area contributed by atoms with Gasteiger partial charge < -0.3 is 0 Å². The average Bonchev–Trinajstić information content (AvgIpc) is 3.37. The molecule has 0 unspecified atom stereocenters. The van der Waals surface area contributed by atoms with Crippen molar-refractivity contribution in [2.75, 3.05) is 0 Å². The molecule has 0 N–H and O–H groups in total. The van der Waals surface area contributed by atoms with Crippen LogP contribution in [-0.4, -0.2) is 0 Å². The van der Waals surface area contributed by atoms with Crippen molar-refractivity contribution in [3.63, 3.8) is 0 Å². The van der Waals surface area contributed by atoms with Gasteiger partial charge in [0.25, 0.3) is 0 Å². The Kier molecular flexibility index (Phi) is 31.1. The predicted octanol–water partition coefficient (Wildman–Crippen LogP) is 23.6. The van der Waals surface area contributed by atoms with Gasteiger partial charge in [0.05, 0.1) is 0 Å². The maximum absolute atomic E-state index is 2.29. The largest absolute Gasteiger partial charge is 0.0620 e. The maximum Gasteiger partial charge on any atom is -0.0129 e. The Balaban J connectivity index is 0.000000453. The van der Waals surface area contributed by atoms with Crippen molar-refractivity contribution in [2.45, 2.75) is 210 Å². The van der Waals surface area contributed by atoms with Crippen LogP contribution < -0.4 is 0 Å². The molecule has 0 heterocycles. The standard InChI is InChI=1S/C12H18.2C11H16.2C10H14.C9H12.2C8H10/c1-9-6-7-10(2)11(8-9)12(3,4)5;1-8(2)11-7-9(3)5-6-10(11)4;1-9-7-5-6-8-10(9)11(2,3)4;1-7-5-8(2)10(4)9(3)6-7;1-8(2)10-7-5-4-6-9(10)3;1-7-4-5-8(2)9(3)6-7;1-7-3-5-8(2)6-4-7;1-7-5-3-4-6-8(7)2/h6-8H,1-5H3;2*5-8H,1-4H3;5-6H,1-4H3;4-8H,1-3H3;4-6H,1-3H3;2*3-6H,1-2H3. The topological polar surface area (TPSA) is 0 Å². The third kappa shape index (κ3) is 28.0. The molecule has 0 heteroatoms. The third-order valence-corrected chi connectivity index (χ3v) is 14.4. The lowest BCUT2D eigenvalue weighted by atomic mass is 9.83. The van der Waals surface area contributed by atoms with Gasteiger partial charge in [0, 0.05) is 0 Å². The fraction of sp³-hybridized carbons (Fsp3) is 0.392. The predicted molar refractivity (Wildman–Crippen MR) is 358 cm³/mol. The first-order valence-corrected chi connectivity index (χ1v) is 29.1. The number of rotatable bonds is 2. The molecule has 0 amide bonds. The van der Waals surface area contributed by atoms with Crippen LogP contribution in [0.5, 0.6) is 0 Å². The summed E-state index contributed by atoms with van der Waals surface area (Å²) in [5.74, 6) is 1.30. The lowest BCUT2D eigenvalue weighted by molar-refractivity contribution is 0.585. The van der Waals surface area contributed by atoms with E-state index in [-0.39, 0.29) is 10.8 Å². The molecule has 0 aliphatic carbocycles.